The molecule has 8 atom stereocenters. The molecule has 0 saturated heterocycles. The number of ketones is 1. The van der Waals surface area contributed by atoms with Crippen LogP contribution < -0.4 is 5.32 Å². The standard InChI is InChI=1S/C59H69F2NO8/c1-38-33-48-56(66,50(38)63)36-41(37-68-59(43-22-14-10-15-23-43,44-24-16-11-17-25-44)45-26-18-12-19-27-45)34-46-49-55(6,7)57(49,35-39(2)58(46,48)67)69-52(64)47(62-53(65)70-54(3,4)5)28-20-9-8-13-21-40-29-31-42(32-30-40)51(60)61/h10-12,14-19,22-27,29-34,39,46-49,51,66-67H,8-9,13,20-21,28,35-37H2,1-7H3,(H,62,65)/t39-,46+,47?,48-,49-,56-,57+,58-/m1/s1. The zero-order chi connectivity index (χ0) is 50.3. The number of benzene rings is 4. The van der Waals surface area contributed by atoms with Crippen molar-refractivity contribution >= 4 is 17.8 Å². The molecule has 2 fully saturated rings. The lowest BCUT2D eigenvalue weighted by Gasteiger charge is -2.50. The highest BCUT2D eigenvalue weighted by atomic mass is 19.3. The molecule has 0 bridgehead atoms. The smallest absolute Gasteiger partial charge is 0.408 e. The molecule has 0 aliphatic heterocycles. The number of ether oxygens (including phenoxy) is 3. The third kappa shape index (κ3) is 9.41. The third-order valence-corrected chi connectivity index (χ3v) is 15.9. The second kappa shape index (κ2) is 19.6. The zero-order valence-corrected chi connectivity index (χ0v) is 41.6. The molecule has 0 heterocycles. The number of carbonyl (C=O) groups is 3. The maximum Gasteiger partial charge on any atom is 0.408 e. The first-order valence-electron chi connectivity index (χ1n) is 24.9. The van der Waals surface area contributed by atoms with E-state index in [9.17, 15) is 33.4 Å². The molecule has 1 amide bonds. The predicted molar refractivity (Wildman–Crippen MR) is 265 cm³/mol. The van der Waals surface area contributed by atoms with Gasteiger partial charge in [-0.05, 0) is 92.7 Å². The predicted octanol–water partition coefficient (Wildman–Crippen LogP) is 11.6. The molecule has 2 saturated carbocycles. The summed E-state index contributed by atoms with van der Waals surface area (Å²) in [5, 5.41) is 29.0. The van der Waals surface area contributed by atoms with E-state index in [4.69, 9.17) is 14.2 Å². The fourth-order valence-electron chi connectivity index (χ4n) is 12.4. The van der Waals surface area contributed by atoms with Crippen molar-refractivity contribution in [2.75, 3.05) is 6.61 Å². The van der Waals surface area contributed by atoms with Gasteiger partial charge < -0.3 is 29.7 Å². The average Bonchev–Trinajstić information content (AvgIpc) is 3.73. The number of alkyl carbamates (subject to hydrolysis) is 1. The van der Waals surface area contributed by atoms with E-state index in [1.54, 1.807) is 45.9 Å². The van der Waals surface area contributed by atoms with Gasteiger partial charge in [-0.25, -0.2) is 18.4 Å². The Morgan fingerprint density at radius 1 is 0.800 bits per heavy atom. The van der Waals surface area contributed by atoms with Crippen molar-refractivity contribution in [3.63, 3.8) is 0 Å². The van der Waals surface area contributed by atoms with Crippen LogP contribution in [0.3, 0.4) is 0 Å². The van der Waals surface area contributed by atoms with Gasteiger partial charge in [-0.2, -0.15) is 0 Å². The van der Waals surface area contributed by atoms with Crippen LogP contribution in [0.25, 0.3) is 0 Å². The van der Waals surface area contributed by atoms with Crippen molar-refractivity contribution in [3.8, 4) is 0 Å². The van der Waals surface area contributed by atoms with Crippen LogP contribution in [-0.2, 0) is 35.8 Å². The Hall–Kier alpha value is -5.49. The molecule has 0 aromatic heterocycles. The lowest BCUT2D eigenvalue weighted by Crippen LogP contribution is -2.61. The lowest BCUT2D eigenvalue weighted by atomic mass is 9.60. The van der Waals surface area contributed by atoms with E-state index in [0.717, 1.165) is 47.9 Å². The van der Waals surface area contributed by atoms with Gasteiger partial charge in [0.1, 0.15) is 28.4 Å². The molecule has 4 aromatic rings. The van der Waals surface area contributed by atoms with E-state index in [2.05, 4.69) is 5.32 Å². The molecular formula is C59H69F2NO8. The highest BCUT2D eigenvalue weighted by Gasteiger charge is 2.83. The van der Waals surface area contributed by atoms with Crippen LogP contribution in [0.15, 0.2) is 139 Å². The first kappa shape index (κ1) is 50.9. The Bertz CT molecular complexity index is 2480. The largest absolute Gasteiger partial charge is 0.457 e. The molecule has 3 N–H and O–H groups in total. The number of halogens is 2. The van der Waals surface area contributed by atoms with Crippen LogP contribution in [0.1, 0.15) is 128 Å². The van der Waals surface area contributed by atoms with Gasteiger partial charge in [0.25, 0.3) is 6.43 Å². The van der Waals surface area contributed by atoms with Crippen LogP contribution in [0.2, 0.25) is 0 Å². The summed E-state index contributed by atoms with van der Waals surface area (Å²) in [6.07, 6.45) is 4.71. The molecule has 4 aliphatic rings. The molecule has 372 valence electrons. The number of alkyl halides is 2. The van der Waals surface area contributed by atoms with E-state index in [-0.39, 0.29) is 25.0 Å². The number of aryl methyl sites for hydroxylation is 1. The second-order valence-corrected chi connectivity index (χ2v) is 21.9. The number of nitrogens with one attached hydrogen (secondary N) is 1. The van der Waals surface area contributed by atoms with E-state index in [1.807, 2.05) is 118 Å². The number of hydrogen-bond acceptors (Lipinski definition) is 8. The number of esters is 1. The molecule has 8 rings (SSSR count). The summed E-state index contributed by atoms with van der Waals surface area (Å²) in [4.78, 5) is 42.2. The topological polar surface area (TPSA) is 131 Å². The van der Waals surface area contributed by atoms with Gasteiger partial charge in [-0.3, -0.25) is 4.79 Å². The monoisotopic (exact) mass is 957 g/mol. The van der Waals surface area contributed by atoms with E-state index in [0.29, 0.717) is 24.0 Å². The van der Waals surface area contributed by atoms with E-state index in [1.165, 1.54) is 12.1 Å². The summed E-state index contributed by atoms with van der Waals surface area (Å²) < 4.78 is 45.8. The van der Waals surface area contributed by atoms with Gasteiger partial charge in [0.15, 0.2) is 5.78 Å². The molecule has 11 heteroatoms. The Balaban J connectivity index is 1.09. The van der Waals surface area contributed by atoms with Gasteiger partial charge in [-0.15, -0.1) is 0 Å². The van der Waals surface area contributed by atoms with Crippen molar-refractivity contribution in [2.45, 2.75) is 140 Å². The maximum absolute atomic E-state index is 14.7. The van der Waals surface area contributed by atoms with Gasteiger partial charge >= 0.3 is 12.1 Å². The first-order chi connectivity index (χ1) is 33.2. The minimum atomic E-state index is -2.51. The summed E-state index contributed by atoms with van der Waals surface area (Å²) in [7, 11) is 0. The van der Waals surface area contributed by atoms with Crippen LogP contribution in [0.5, 0.6) is 0 Å². The van der Waals surface area contributed by atoms with Gasteiger partial charge in [0.2, 0.25) is 0 Å². The van der Waals surface area contributed by atoms with Crippen molar-refractivity contribution < 1.29 is 47.6 Å². The number of rotatable bonds is 17. The number of aliphatic hydroxyl groups is 2. The minimum Gasteiger partial charge on any atom is -0.457 e. The highest BCUT2D eigenvalue weighted by Crippen LogP contribution is 2.76. The fraction of sp³-hybridized carbons (Fsp3) is 0.475. The maximum atomic E-state index is 14.7. The fourth-order valence-corrected chi connectivity index (χ4v) is 12.4. The number of fused-ring (bicyclic) bond motifs is 5. The molecule has 4 aromatic carbocycles. The Morgan fingerprint density at radius 3 is 1.90 bits per heavy atom. The van der Waals surface area contributed by atoms with Crippen molar-refractivity contribution in [3.05, 3.63) is 166 Å². The molecule has 1 unspecified atom stereocenters. The van der Waals surface area contributed by atoms with Gasteiger partial charge in [0, 0.05) is 35.2 Å². The number of carbonyl (C=O) groups excluding carboxylic acids is 3. The van der Waals surface area contributed by atoms with E-state index >= 15 is 0 Å². The minimum absolute atomic E-state index is 0.00321. The molecule has 0 spiro atoms. The van der Waals surface area contributed by atoms with Crippen molar-refractivity contribution in [2.24, 2.45) is 29.1 Å². The quantitative estimate of drug-likeness (QED) is 0.0413. The van der Waals surface area contributed by atoms with Crippen LogP contribution in [0.4, 0.5) is 13.6 Å². The van der Waals surface area contributed by atoms with Gasteiger partial charge in [-0.1, -0.05) is 167 Å². The summed E-state index contributed by atoms with van der Waals surface area (Å²) in [6.45, 7) is 12.9. The SMILES string of the molecule is CC1=C[C@H]2[C@@]3(O)[C@H](C)C[C@]4(OC(=O)C(CCCCCCc5ccc(C(F)F)cc5)NC(=O)OC(C)(C)C)[C@H]([C@@H]3C=C(COC(c3ccccc3)(c3ccccc3)c3ccccc3)C[C@]2(O)C1=O)C4(C)C. The second-order valence-electron chi connectivity index (χ2n) is 21.9. The molecule has 9 nitrogen and oxygen atoms in total. The average molecular weight is 958 g/mol. The zero-order valence-electron chi connectivity index (χ0n) is 41.6. The molecule has 70 heavy (non-hydrogen) atoms. The molecular weight excluding hydrogens is 889 g/mol. The third-order valence-electron chi connectivity index (χ3n) is 15.9. The Kier molecular flexibility index (Phi) is 14.3. The van der Waals surface area contributed by atoms with Gasteiger partial charge in [0.05, 0.1) is 12.2 Å². The first-order valence-corrected chi connectivity index (χ1v) is 24.9. The van der Waals surface area contributed by atoms with Crippen molar-refractivity contribution in [1.29, 1.82) is 0 Å². The normalized spacial score (nSPS) is 27.2. The van der Waals surface area contributed by atoms with Crippen molar-refractivity contribution in [1.82, 2.24) is 5.32 Å². The van der Waals surface area contributed by atoms with Crippen LogP contribution in [0, 0.1) is 29.1 Å². The number of hydrogen-bond donors (Lipinski definition) is 3. The van der Waals surface area contributed by atoms with E-state index < -0.39 is 87.4 Å². The summed E-state index contributed by atoms with van der Waals surface area (Å²) in [6, 6.07) is 35.3. The summed E-state index contributed by atoms with van der Waals surface area (Å²) in [5.41, 5.74) is -2.57. The Labute approximate surface area is 411 Å². The van der Waals surface area contributed by atoms with Crippen LogP contribution in [-0.4, -0.2) is 63.1 Å². The lowest BCUT2D eigenvalue weighted by molar-refractivity contribution is -0.188. The molecule has 0 radical (unpaired) electrons. The number of unbranched alkanes of at least 4 members (excludes halogenated alkanes) is 3. The van der Waals surface area contributed by atoms with Crippen LogP contribution >= 0.6 is 0 Å². The summed E-state index contributed by atoms with van der Waals surface area (Å²) in [5.74, 6) is -3.66. The molecule has 4 aliphatic carbocycles. The summed E-state index contributed by atoms with van der Waals surface area (Å²) >= 11 is 0. The number of Topliss-reactive ketones (excluding diaryl/α,β-unsaturated/α-hetero) is 1. The highest BCUT2D eigenvalue weighted by molar-refractivity contribution is 6.04. The number of amides is 1. The Morgan fingerprint density at radius 2 is 1.36 bits per heavy atom.